The van der Waals surface area contributed by atoms with Gasteiger partial charge in [-0.25, -0.2) is 4.98 Å². The number of nitrogens with zero attached hydrogens (tertiary/aromatic N) is 1. The third-order valence-electron chi connectivity index (χ3n) is 1.22. The molecule has 0 bridgehead atoms. The standard InChI is InChI=1S/C7H9N3O2S/c1-4-9-3-7(13-4)10-6(12)2-5(8)11/h3H,2H2,1H3,(H2,8,11)(H,10,12). The lowest BCUT2D eigenvalue weighted by atomic mass is 10.4. The summed E-state index contributed by atoms with van der Waals surface area (Å²) in [6.45, 7) is 1.83. The highest BCUT2D eigenvalue weighted by atomic mass is 32.1. The zero-order valence-corrected chi connectivity index (χ0v) is 7.85. The lowest BCUT2D eigenvalue weighted by Crippen LogP contribution is -2.21. The molecule has 0 unspecified atom stereocenters. The summed E-state index contributed by atoms with van der Waals surface area (Å²) in [6.07, 6.45) is 1.25. The van der Waals surface area contributed by atoms with Crippen LogP contribution in [0, 0.1) is 6.92 Å². The first-order chi connectivity index (χ1) is 6.08. The van der Waals surface area contributed by atoms with Gasteiger partial charge >= 0.3 is 0 Å². The molecule has 1 heterocycles. The maximum atomic E-state index is 11.0. The van der Waals surface area contributed by atoms with Crippen molar-refractivity contribution in [2.45, 2.75) is 13.3 Å². The number of anilines is 1. The Kier molecular flexibility index (Phi) is 2.97. The highest BCUT2D eigenvalue weighted by molar-refractivity contribution is 7.15. The van der Waals surface area contributed by atoms with Crippen LogP contribution < -0.4 is 11.1 Å². The molecule has 0 spiro atoms. The van der Waals surface area contributed by atoms with Crippen LogP contribution in [0.1, 0.15) is 11.4 Å². The second-order valence-electron chi connectivity index (χ2n) is 2.43. The molecule has 3 N–H and O–H groups in total. The monoisotopic (exact) mass is 199 g/mol. The van der Waals surface area contributed by atoms with E-state index in [2.05, 4.69) is 10.3 Å². The van der Waals surface area contributed by atoms with Crippen molar-refractivity contribution in [3.8, 4) is 0 Å². The average Bonchev–Trinajstić information content (AvgIpc) is 2.33. The van der Waals surface area contributed by atoms with E-state index in [-0.39, 0.29) is 6.42 Å². The third-order valence-corrected chi connectivity index (χ3v) is 2.05. The van der Waals surface area contributed by atoms with E-state index in [4.69, 9.17) is 5.73 Å². The van der Waals surface area contributed by atoms with E-state index in [0.29, 0.717) is 5.00 Å². The van der Waals surface area contributed by atoms with Gasteiger partial charge in [0.05, 0.1) is 11.2 Å². The molecule has 0 aromatic carbocycles. The number of rotatable bonds is 3. The fraction of sp³-hybridized carbons (Fsp3) is 0.286. The molecule has 0 saturated carbocycles. The Morgan fingerprint density at radius 1 is 1.69 bits per heavy atom. The van der Waals surface area contributed by atoms with Crippen molar-refractivity contribution in [1.82, 2.24) is 4.98 Å². The number of aryl methyl sites for hydroxylation is 1. The Hall–Kier alpha value is -1.43. The van der Waals surface area contributed by atoms with Crippen LogP contribution in [0.3, 0.4) is 0 Å². The summed E-state index contributed by atoms with van der Waals surface area (Å²) in [5.74, 6) is -1.05. The van der Waals surface area contributed by atoms with Crippen LogP contribution in [-0.4, -0.2) is 16.8 Å². The molecule has 1 aromatic heterocycles. The minimum atomic E-state index is -0.640. The molecule has 0 aliphatic heterocycles. The fourth-order valence-corrected chi connectivity index (χ4v) is 1.45. The quantitative estimate of drug-likeness (QED) is 0.685. The molecule has 0 fully saturated rings. The Balaban J connectivity index is 2.50. The number of thiazole rings is 1. The van der Waals surface area contributed by atoms with Crippen LogP contribution in [0.25, 0.3) is 0 Å². The van der Waals surface area contributed by atoms with Crippen LogP contribution in [0.15, 0.2) is 6.20 Å². The second kappa shape index (κ2) is 3.99. The lowest BCUT2D eigenvalue weighted by Gasteiger charge is -1.97. The molecular formula is C7H9N3O2S. The number of aromatic nitrogens is 1. The summed E-state index contributed by atoms with van der Waals surface area (Å²) >= 11 is 1.35. The summed E-state index contributed by atoms with van der Waals surface area (Å²) < 4.78 is 0. The largest absolute Gasteiger partial charge is 0.369 e. The van der Waals surface area contributed by atoms with Gasteiger partial charge in [-0.2, -0.15) is 0 Å². The minimum absolute atomic E-state index is 0.295. The molecule has 1 rings (SSSR count). The van der Waals surface area contributed by atoms with E-state index in [1.807, 2.05) is 6.92 Å². The molecule has 0 atom stereocenters. The zero-order valence-electron chi connectivity index (χ0n) is 7.03. The molecular weight excluding hydrogens is 190 g/mol. The van der Waals surface area contributed by atoms with Gasteiger partial charge in [0.15, 0.2) is 0 Å². The number of hydrogen-bond acceptors (Lipinski definition) is 4. The van der Waals surface area contributed by atoms with Gasteiger partial charge in [-0.1, -0.05) is 0 Å². The highest BCUT2D eigenvalue weighted by Crippen LogP contribution is 2.17. The second-order valence-corrected chi connectivity index (χ2v) is 3.67. The maximum absolute atomic E-state index is 11.0. The topological polar surface area (TPSA) is 85.1 Å². The van der Waals surface area contributed by atoms with Crippen molar-refractivity contribution in [2.24, 2.45) is 5.73 Å². The zero-order chi connectivity index (χ0) is 9.84. The van der Waals surface area contributed by atoms with Crippen molar-refractivity contribution >= 4 is 28.2 Å². The molecule has 2 amide bonds. The molecule has 5 nitrogen and oxygen atoms in total. The molecule has 0 aliphatic carbocycles. The van der Waals surface area contributed by atoms with Gasteiger partial charge in [-0.3, -0.25) is 9.59 Å². The Morgan fingerprint density at radius 2 is 2.38 bits per heavy atom. The van der Waals surface area contributed by atoms with Gasteiger partial charge in [0.25, 0.3) is 0 Å². The Morgan fingerprint density at radius 3 is 2.85 bits per heavy atom. The maximum Gasteiger partial charge on any atom is 0.234 e. The van der Waals surface area contributed by atoms with Gasteiger partial charge in [0.2, 0.25) is 11.8 Å². The molecule has 0 saturated heterocycles. The average molecular weight is 199 g/mol. The Labute approximate surface area is 79.0 Å². The normalized spacial score (nSPS) is 9.62. The van der Waals surface area contributed by atoms with E-state index in [9.17, 15) is 9.59 Å². The van der Waals surface area contributed by atoms with E-state index in [1.54, 1.807) is 6.20 Å². The first-order valence-corrected chi connectivity index (χ1v) is 4.40. The minimum Gasteiger partial charge on any atom is -0.369 e. The molecule has 0 radical (unpaired) electrons. The van der Waals surface area contributed by atoms with Crippen molar-refractivity contribution < 1.29 is 9.59 Å². The first-order valence-electron chi connectivity index (χ1n) is 3.58. The number of nitrogens with one attached hydrogen (secondary N) is 1. The van der Waals surface area contributed by atoms with Gasteiger partial charge < -0.3 is 11.1 Å². The van der Waals surface area contributed by atoms with Crippen molar-refractivity contribution in [2.75, 3.05) is 5.32 Å². The van der Waals surface area contributed by atoms with E-state index < -0.39 is 11.8 Å². The molecule has 1 aromatic rings. The summed E-state index contributed by atoms with van der Waals surface area (Å²) in [4.78, 5) is 25.3. The van der Waals surface area contributed by atoms with Crippen LogP contribution in [-0.2, 0) is 9.59 Å². The number of nitrogens with two attached hydrogens (primary N) is 1. The fourth-order valence-electron chi connectivity index (χ4n) is 0.759. The van der Waals surface area contributed by atoms with Gasteiger partial charge in [-0.15, -0.1) is 11.3 Å². The van der Waals surface area contributed by atoms with E-state index in [1.165, 1.54) is 11.3 Å². The smallest absolute Gasteiger partial charge is 0.234 e. The predicted octanol–water partition coefficient (Wildman–Crippen LogP) is 0.265. The predicted molar refractivity (Wildman–Crippen MR) is 49.3 cm³/mol. The molecule has 70 valence electrons. The first kappa shape index (κ1) is 9.66. The Bertz CT molecular complexity index is 334. The number of amides is 2. The number of carbonyl (C=O) groups excluding carboxylic acids is 2. The van der Waals surface area contributed by atoms with Gasteiger partial charge in [0, 0.05) is 0 Å². The van der Waals surface area contributed by atoms with Crippen LogP contribution in [0.2, 0.25) is 0 Å². The van der Waals surface area contributed by atoms with Gasteiger partial charge in [0.1, 0.15) is 11.4 Å². The number of primary amides is 1. The summed E-state index contributed by atoms with van der Waals surface area (Å²) in [5, 5.41) is 3.99. The molecule has 0 aliphatic rings. The third kappa shape index (κ3) is 3.20. The van der Waals surface area contributed by atoms with Crippen LogP contribution >= 0.6 is 11.3 Å². The van der Waals surface area contributed by atoms with Crippen LogP contribution in [0.4, 0.5) is 5.00 Å². The van der Waals surface area contributed by atoms with Crippen molar-refractivity contribution in [3.63, 3.8) is 0 Å². The SMILES string of the molecule is Cc1ncc(NC(=O)CC(N)=O)s1. The van der Waals surface area contributed by atoms with Crippen LogP contribution in [0.5, 0.6) is 0 Å². The molecule has 6 heteroatoms. The highest BCUT2D eigenvalue weighted by Gasteiger charge is 2.07. The van der Waals surface area contributed by atoms with E-state index >= 15 is 0 Å². The van der Waals surface area contributed by atoms with Gasteiger partial charge in [-0.05, 0) is 6.92 Å². The lowest BCUT2D eigenvalue weighted by molar-refractivity contribution is -0.124. The van der Waals surface area contributed by atoms with Crippen molar-refractivity contribution in [1.29, 1.82) is 0 Å². The number of hydrogen-bond donors (Lipinski definition) is 2. The summed E-state index contributed by atoms with van der Waals surface area (Å²) in [5.41, 5.74) is 4.84. The van der Waals surface area contributed by atoms with E-state index in [0.717, 1.165) is 5.01 Å². The van der Waals surface area contributed by atoms with Crippen molar-refractivity contribution in [3.05, 3.63) is 11.2 Å². The summed E-state index contributed by atoms with van der Waals surface area (Å²) in [7, 11) is 0. The number of carbonyl (C=O) groups is 2. The molecule has 13 heavy (non-hydrogen) atoms. The summed E-state index contributed by atoms with van der Waals surface area (Å²) in [6, 6.07) is 0.